The van der Waals surface area contributed by atoms with Crippen molar-refractivity contribution in [2.75, 3.05) is 5.32 Å². The van der Waals surface area contributed by atoms with E-state index in [2.05, 4.69) is 21.2 Å². The molecule has 2 rings (SSSR count). The average molecular weight is 407 g/mol. The van der Waals surface area contributed by atoms with Gasteiger partial charge < -0.3 is 5.32 Å². The normalized spacial score (nSPS) is 10.8. The van der Waals surface area contributed by atoms with E-state index in [1.165, 1.54) is 24.3 Å². The number of carbonyl (C=O) groups excluding carboxylic acids is 1. The number of halogens is 2. The molecule has 1 amide bonds. The molecule has 0 bridgehead atoms. The number of hydrogen-bond donors (Lipinski definition) is 1. The fourth-order valence-electron chi connectivity index (χ4n) is 1.82. The summed E-state index contributed by atoms with van der Waals surface area (Å²) in [5.74, 6) is -0.641. The maximum absolute atomic E-state index is 12.2. The molecule has 1 N–H and O–H groups in total. The lowest BCUT2D eigenvalue weighted by Crippen LogP contribution is -2.13. The van der Waals surface area contributed by atoms with Crippen LogP contribution in [0.25, 0.3) is 6.08 Å². The van der Waals surface area contributed by atoms with Gasteiger partial charge in [-0.25, -0.2) is 0 Å². The summed E-state index contributed by atoms with van der Waals surface area (Å²) in [6.07, 6.45) is 1.21. The first kappa shape index (κ1) is 17.7. The summed E-state index contributed by atoms with van der Waals surface area (Å²) in [6.45, 7) is 0. The molecule has 0 radical (unpaired) electrons. The Balaban J connectivity index is 2.32. The highest BCUT2D eigenvalue weighted by Crippen LogP contribution is 2.24. The Labute approximate surface area is 150 Å². The van der Waals surface area contributed by atoms with Crippen LogP contribution in [0.1, 0.15) is 5.56 Å². The van der Waals surface area contributed by atoms with Crippen LogP contribution in [0.15, 0.2) is 52.5 Å². The molecule has 8 heteroatoms. The van der Waals surface area contributed by atoms with Crippen molar-refractivity contribution in [1.82, 2.24) is 0 Å². The van der Waals surface area contributed by atoms with Gasteiger partial charge in [-0.2, -0.15) is 5.26 Å². The van der Waals surface area contributed by atoms with Gasteiger partial charge in [0.25, 0.3) is 11.6 Å². The fraction of sp³-hybridized carbons (Fsp3) is 0. The van der Waals surface area contributed by atoms with Crippen molar-refractivity contribution in [1.29, 1.82) is 5.26 Å². The molecule has 0 saturated carbocycles. The molecule has 0 saturated heterocycles. The van der Waals surface area contributed by atoms with Gasteiger partial charge in [0.15, 0.2) is 0 Å². The van der Waals surface area contributed by atoms with Crippen molar-refractivity contribution in [3.05, 3.63) is 73.2 Å². The smallest absolute Gasteiger partial charge is 0.270 e. The van der Waals surface area contributed by atoms with Gasteiger partial charge in [0.1, 0.15) is 11.6 Å². The van der Waals surface area contributed by atoms with Gasteiger partial charge in [-0.3, -0.25) is 14.9 Å². The molecule has 0 aliphatic rings. The van der Waals surface area contributed by atoms with Crippen LogP contribution in [-0.4, -0.2) is 10.8 Å². The highest BCUT2D eigenvalue weighted by molar-refractivity contribution is 9.10. The number of nitro benzene ring substituents is 1. The highest BCUT2D eigenvalue weighted by Gasteiger charge is 2.13. The molecule has 0 atom stereocenters. The third-order valence-corrected chi connectivity index (χ3v) is 3.78. The summed E-state index contributed by atoms with van der Waals surface area (Å²) in [5, 5.41) is 22.8. The third kappa shape index (κ3) is 4.41. The van der Waals surface area contributed by atoms with Gasteiger partial charge in [-0.15, -0.1) is 0 Å². The first-order valence-electron chi connectivity index (χ1n) is 6.53. The van der Waals surface area contributed by atoms with Crippen molar-refractivity contribution in [3.63, 3.8) is 0 Å². The zero-order valence-electron chi connectivity index (χ0n) is 12.0. The van der Waals surface area contributed by atoms with E-state index in [0.717, 1.165) is 4.47 Å². The highest BCUT2D eigenvalue weighted by atomic mass is 79.9. The number of hydrogen-bond acceptors (Lipinski definition) is 4. The molecule has 120 valence electrons. The molecule has 0 fully saturated rings. The quantitative estimate of drug-likeness (QED) is 0.348. The van der Waals surface area contributed by atoms with Gasteiger partial charge in [0.05, 0.1) is 4.92 Å². The number of rotatable bonds is 4. The SMILES string of the molecule is N#CC(=Cc1cc([N+](=O)[O-])ccc1Cl)C(=O)Nc1cccc(Br)c1. The summed E-state index contributed by atoms with van der Waals surface area (Å²) in [6, 6.07) is 12.4. The first-order chi connectivity index (χ1) is 11.4. The Morgan fingerprint density at radius 2 is 2.08 bits per heavy atom. The third-order valence-electron chi connectivity index (χ3n) is 2.94. The minimum Gasteiger partial charge on any atom is -0.321 e. The van der Waals surface area contributed by atoms with Crippen LogP contribution in [0.2, 0.25) is 5.02 Å². The van der Waals surface area contributed by atoms with Gasteiger partial charge in [0, 0.05) is 32.9 Å². The lowest BCUT2D eigenvalue weighted by molar-refractivity contribution is -0.384. The molecule has 0 heterocycles. The largest absolute Gasteiger partial charge is 0.321 e. The summed E-state index contributed by atoms with van der Waals surface area (Å²) in [7, 11) is 0. The Kier molecular flexibility index (Phi) is 5.68. The number of nitro groups is 1. The molecule has 0 spiro atoms. The Hall–Kier alpha value is -2.69. The van der Waals surface area contributed by atoms with Crippen LogP contribution < -0.4 is 5.32 Å². The zero-order valence-corrected chi connectivity index (χ0v) is 14.3. The van der Waals surface area contributed by atoms with E-state index >= 15 is 0 Å². The van der Waals surface area contributed by atoms with Crippen LogP contribution in [0, 0.1) is 21.4 Å². The van der Waals surface area contributed by atoms with Gasteiger partial charge in [-0.05, 0) is 30.3 Å². The predicted octanol–water partition coefficient (Wildman–Crippen LogP) is 4.56. The van der Waals surface area contributed by atoms with E-state index in [9.17, 15) is 20.2 Å². The number of anilines is 1. The molecule has 2 aromatic carbocycles. The van der Waals surface area contributed by atoms with Crippen molar-refractivity contribution >= 4 is 50.9 Å². The molecular weight excluding hydrogens is 398 g/mol. The maximum atomic E-state index is 12.2. The van der Waals surface area contributed by atoms with Gasteiger partial charge >= 0.3 is 0 Å². The molecule has 24 heavy (non-hydrogen) atoms. The maximum Gasteiger partial charge on any atom is 0.270 e. The van der Waals surface area contributed by atoms with E-state index in [1.54, 1.807) is 30.3 Å². The van der Waals surface area contributed by atoms with E-state index in [4.69, 9.17) is 11.6 Å². The Bertz CT molecular complexity index is 890. The molecular formula is C16H9BrClN3O3. The molecule has 2 aromatic rings. The lowest BCUT2D eigenvalue weighted by Gasteiger charge is -2.05. The van der Waals surface area contributed by atoms with Crippen molar-refractivity contribution in [3.8, 4) is 6.07 Å². The molecule has 0 unspecified atom stereocenters. The molecule has 0 aliphatic carbocycles. The summed E-state index contributed by atoms with van der Waals surface area (Å²) in [4.78, 5) is 22.4. The summed E-state index contributed by atoms with van der Waals surface area (Å²) in [5.41, 5.74) is 0.306. The second-order valence-corrected chi connectivity index (χ2v) is 5.92. The number of amides is 1. The molecule has 6 nitrogen and oxygen atoms in total. The van der Waals surface area contributed by atoms with Gasteiger partial charge in [-0.1, -0.05) is 33.6 Å². The van der Waals surface area contributed by atoms with E-state index in [0.29, 0.717) is 5.69 Å². The van der Waals surface area contributed by atoms with Crippen LogP contribution >= 0.6 is 27.5 Å². The summed E-state index contributed by atoms with van der Waals surface area (Å²) >= 11 is 9.25. The number of nitriles is 1. The number of carbonyl (C=O) groups is 1. The zero-order chi connectivity index (χ0) is 17.7. The topological polar surface area (TPSA) is 96.0 Å². The first-order valence-corrected chi connectivity index (χ1v) is 7.70. The summed E-state index contributed by atoms with van der Waals surface area (Å²) < 4.78 is 0.768. The fourth-order valence-corrected chi connectivity index (χ4v) is 2.40. The molecule has 0 aliphatic heterocycles. The average Bonchev–Trinajstić information content (AvgIpc) is 2.53. The van der Waals surface area contributed by atoms with Crippen LogP contribution in [0.4, 0.5) is 11.4 Å². The predicted molar refractivity (Wildman–Crippen MR) is 94.5 cm³/mol. The standard InChI is InChI=1S/C16H9BrClN3O3/c17-12-2-1-3-13(8-12)20-16(22)11(9-19)6-10-7-14(21(23)24)4-5-15(10)18/h1-8H,(H,20,22). The molecule has 0 aromatic heterocycles. The number of benzene rings is 2. The number of nitrogens with one attached hydrogen (secondary N) is 1. The van der Waals surface area contributed by atoms with E-state index in [1.807, 2.05) is 0 Å². The van der Waals surface area contributed by atoms with Crippen LogP contribution in [0.3, 0.4) is 0 Å². The van der Waals surface area contributed by atoms with Crippen molar-refractivity contribution < 1.29 is 9.72 Å². The number of non-ortho nitro benzene ring substituents is 1. The minimum atomic E-state index is -0.641. The number of nitrogens with zero attached hydrogens (tertiary/aromatic N) is 2. The second-order valence-electron chi connectivity index (χ2n) is 4.60. The Morgan fingerprint density at radius 1 is 1.33 bits per heavy atom. The van der Waals surface area contributed by atoms with Crippen LogP contribution in [0.5, 0.6) is 0 Å². The van der Waals surface area contributed by atoms with Crippen molar-refractivity contribution in [2.24, 2.45) is 0 Å². The van der Waals surface area contributed by atoms with Gasteiger partial charge in [0.2, 0.25) is 0 Å². The van der Waals surface area contributed by atoms with E-state index < -0.39 is 10.8 Å². The second kappa shape index (κ2) is 7.73. The van der Waals surface area contributed by atoms with Crippen molar-refractivity contribution in [2.45, 2.75) is 0 Å². The van der Waals surface area contributed by atoms with Crippen LogP contribution in [-0.2, 0) is 4.79 Å². The minimum absolute atomic E-state index is 0.185. The monoisotopic (exact) mass is 405 g/mol. The Morgan fingerprint density at radius 3 is 2.71 bits per heavy atom. The lowest BCUT2D eigenvalue weighted by atomic mass is 10.1. The van der Waals surface area contributed by atoms with E-state index in [-0.39, 0.29) is 21.8 Å².